The first-order chi connectivity index (χ1) is 16.6. The molecule has 0 aliphatic carbocycles. The molecular weight excluding hydrogens is 477 g/mol. The average molecular weight is 496 g/mol. The van der Waals surface area contributed by atoms with Gasteiger partial charge in [-0.3, -0.25) is 0 Å². The molecule has 1 fully saturated rings. The second kappa shape index (κ2) is 9.73. The summed E-state index contributed by atoms with van der Waals surface area (Å²) < 4.78 is 108. The Bertz CT molecular complexity index is 1190. The van der Waals surface area contributed by atoms with Crippen LogP contribution in [0.1, 0.15) is 30.1 Å². The van der Waals surface area contributed by atoms with Crippen molar-refractivity contribution in [2.75, 3.05) is 6.61 Å². The predicted molar refractivity (Wildman–Crippen MR) is 114 cm³/mol. The summed E-state index contributed by atoms with van der Waals surface area (Å²) in [5.41, 5.74) is -0.533. The van der Waals surface area contributed by atoms with Gasteiger partial charge in [-0.2, -0.15) is 8.78 Å². The van der Waals surface area contributed by atoms with Gasteiger partial charge in [0.25, 0.3) is 0 Å². The maximum Gasteiger partial charge on any atom is 0.432 e. The van der Waals surface area contributed by atoms with Crippen LogP contribution in [-0.4, -0.2) is 6.61 Å². The number of hydrogen-bond donors (Lipinski definition) is 0. The highest BCUT2D eigenvalue weighted by atomic mass is 19.3. The first kappa shape index (κ1) is 24.8. The molecule has 2 unspecified atom stereocenters. The lowest BCUT2D eigenvalue weighted by Gasteiger charge is -2.27. The predicted octanol–water partition coefficient (Wildman–Crippen LogP) is 7.83. The normalized spacial score (nSPS) is 18.4. The van der Waals surface area contributed by atoms with E-state index in [0.717, 1.165) is 18.4 Å². The van der Waals surface area contributed by atoms with Crippen LogP contribution in [0, 0.1) is 35.0 Å². The number of halogens is 7. The van der Waals surface area contributed by atoms with Crippen molar-refractivity contribution >= 4 is 0 Å². The fourth-order valence-corrected chi connectivity index (χ4v) is 3.92. The Hall–Kier alpha value is -3.33. The van der Waals surface area contributed by atoms with Gasteiger partial charge >= 0.3 is 6.11 Å². The zero-order chi connectivity index (χ0) is 25.3. The summed E-state index contributed by atoms with van der Waals surface area (Å²) in [6.07, 6.45) is -1.23. The Kier molecular flexibility index (Phi) is 6.89. The van der Waals surface area contributed by atoms with Crippen LogP contribution in [0.5, 0.6) is 5.75 Å². The smallest absolute Gasteiger partial charge is 0.429 e. The van der Waals surface area contributed by atoms with E-state index < -0.39 is 46.5 Å². The maximum atomic E-state index is 14.6. The van der Waals surface area contributed by atoms with Crippen LogP contribution < -0.4 is 4.74 Å². The minimum absolute atomic E-state index is 0.0127. The van der Waals surface area contributed by atoms with E-state index in [1.54, 1.807) is 24.3 Å². The first-order valence-corrected chi connectivity index (χ1v) is 10.6. The van der Waals surface area contributed by atoms with Crippen molar-refractivity contribution in [2.24, 2.45) is 5.92 Å². The van der Waals surface area contributed by atoms with E-state index in [4.69, 9.17) is 4.74 Å². The summed E-state index contributed by atoms with van der Waals surface area (Å²) >= 11 is 0. The Balaban J connectivity index is 1.56. The molecule has 1 heterocycles. The second-order valence-corrected chi connectivity index (χ2v) is 8.15. The third kappa shape index (κ3) is 5.19. The summed E-state index contributed by atoms with van der Waals surface area (Å²) in [4.78, 5) is 0. The summed E-state index contributed by atoms with van der Waals surface area (Å²) in [6.45, 7) is 4.30. The standard InChI is InChI=1S/C26H19F7O2/c1-2-14-3-8-23(34-13-14)16-6-4-15(5-7-16)17-9-19(27)24(20(28)10-17)26(32,33)35-18-11-21(29)25(31)22(30)12-18/h2,4-7,9-12,14,23H,1,3,8,13H2. The van der Waals surface area contributed by atoms with Gasteiger partial charge in [0.2, 0.25) is 0 Å². The van der Waals surface area contributed by atoms with Crippen molar-refractivity contribution in [1.82, 2.24) is 0 Å². The average Bonchev–Trinajstić information content (AvgIpc) is 2.81. The summed E-state index contributed by atoms with van der Waals surface area (Å²) in [6, 6.07) is 8.32. The Morgan fingerprint density at radius 3 is 1.94 bits per heavy atom. The third-order valence-corrected chi connectivity index (χ3v) is 5.80. The Morgan fingerprint density at radius 2 is 1.43 bits per heavy atom. The van der Waals surface area contributed by atoms with Crippen LogP contribution in [-0.2, 0) is 10.8 Å². The second-order valence-electron chi connectivity index (χ2n) is 8.15. The molecule has 4 rings (SSSR count). The molecule has 0 radical (unpaired) electrons. The molecule has 0 spiro atoms. The first-order valence-electron chi connectivity index (χ1n) is 10.6. The summed E-state index contributed by atoms with van der Waals surface area (Å²) in [5, 5.41) is 0. The van der Waals surface area contributed by atoms with Crippen molar-refractivity contribution < 1.29 is 40.2 Å². The lowest BCUT2D eigenvalue weighted by molar-refractivity contribution is -0.189. The lowest BCUT2D eigenvalue weighted by atomic mass is 9.93. The molecular formula is C26H19F7O2. The highest BCUT2D eigenvalue weighted by Crippen LogP contribution is 2.38. The highest BCUT2D eigenvalue weighted by Gasteiger charge is 2.41. The fraction of sp³-hybridized carbons (Fsp3) is 0.231. The number of benzene rings is 3. The van der Waals surface area contributed by atoms with E-state index in [-0.39, 0.29) is 23.8 Å². The van der Waals surface area contributed by atoms with Crippen LogP contribution in [0.2, 0.25) is 0 Å². The molecule has 0 bridgehead atoms. The molecule has 3 aromatic rings. The molecule has 0 aromatic heterocycles. The summed E-state index contributed by atoms with van der Waals surface area (Å²) in [5.74, 6) is -9.62. The van der Waals surface area contributed by atoms with Crippen LogP contribution in [0.4, 0.5) is 30.7 Å². The van der Waals surface area contributed by atoms with Gasteiger partial charge in [0.1, 0.15) is 22.9 Å². The quantitative estimate of drug-likeness (QED) is 0.197. The van der Waals surface area contributed by atoms with Gasteiger partial charge in [-0.25, -0.2) is 22.0 Å². The molecule has 2 atom stereocenters. The van der Waals surface area contributed by atoms with Crippen molar-refractivity contribution in [1.29, 1.82) is 0 Å². The van der Waals surface area contributed by atoms with E-state index in [2.05, 4.69) is 11.3 Å². The molecule has 0 N–H and O–H groups in total. The van der Waals surface area contributed by atoms with Gasteiger partial charge in [-0.1, -0.05) is 30.3 Å². The SMILES string of the molecule is C=CC1CCC(c2ccc(-c3cc(F)c(C(F)(F)Oc4cc(F)c(F)c(F)c4)c(F)c3)cc2)OC1. The number of ether oxygens (including phenoxy) is 2. The molecule has 0 saturated carbocycles. The van der Waals surface area contributed by atoms with Gasteiger partial charge in [0.15, 0.2) is 17.5 Å². The largest absolute Gasteiger partial charge is 0.432 e. The van der Waals surface area contributed by atoms with E-state index in [1.807, 2.05) is 6.08 Å². The van der Waals surface area contributed by atoms with Gasteiger partial charge in [-0.05, 0) is 41.7 Å². The lowest BCUT2D eigenvalue weighted by Crippen LogP contribution is -2.25. The van der Waals surface area contributed by atoms with E-state index in [1.165, 1.54) is 0 Å². The number of rotatable bonds is 6. The molecule has 2 nitrogen and oxygen atoms in total. The molecule has 0 amide bonds. The van der Waals surface area contributed by atoms with Crippen LogP contribution in [0.15, 0.2) is 61.2 Å². The van der Waals surface area contributed by atoms with E-state index in [9.17, 15) is 30.7 Å². The van der Waals surface area contributed by atoms with Crippen molar-refractivity contribution in [2.45, 2.75) is 25.1 Å². The van der Waals surface area contributed by atoms with Crippen molar-refractivity contribution in [3.05, 3.63) is 101 Å². The minimum atomic E-state index is -4.64. The molecule has 1 aliphatic rings. The van der Waals surface area contributed by atoms with Crippen molar-refractivity contribution in [3.63, 3.8) is 0 Å². The molecule has 1 saturated heterocycles. The zero-order valence-electron chi connectivity index (χ0n) is 18.1. The van der Waals surface area contributed by atoms with Gasteiger partial charge in [0, 0.05) is 18.1 Å². The number of hydrogen-bond acceptors (Lipinski definition) is 2. The van der Waals surface area contributed by atoms with Gasteiger partial charge < -0.3 is 9.47 Å². The zero-order valence-corrected chi connectivity index (χ0v) is 18.1. The Morgan fingerprint density at radius 1 is 0.829 bits per heavy atom. The number of alkyl halides is 2. The summed E-state index contributed by atoms with van der Waals surface area (Å²) in [7, 11) is 0. The van der Waals surface area contributed by atoms with Gasteiger partial charge in [-0.15, -0.1) is 6.58 Å². The van der Waals surface area contributed by atoms with E-state index in [0.29, 0.717) is 30.2 Å². The van der Waals surface area contributed by atoms with Crippen LogP contribution >= 0.6 is 0 Å². The monoisotopic (exact) mass is 496 g/mol. The molecule has 184 valence electrons. The minimum Gasteiger partial charge on any atom is -0.429 e. The Labute approximate surface area is 196 Å². The van der Waals surface area contributed by atoms with Crippen LogP contribution in [0.3, 0.4) is 0 Å². The maximum absolute atomic E-state index is 14.6. The third-order valence-electron chi connectivity index (χ3n) is 5.80. The topological polar surface area (TPSA) is 18.5 Å². The van der Waals surface area contributed by atoms with E-state index >= 15 is 0 Å². The molecule has 9 heteroatoms. The highest BCUT2D eigenvalue weighted by molar-refractivity contribution is 5.64. The van der Waals surface area contributed by atoms with Crippen molar-refractivity contribution in [3.8, 4) is 16.9 Å². The van der Waals surface area contributed by atoms with Crippen LogP contribution in [0.25, 0.3) is 11.1 Å². The fourth-order valence-electron chi connectivity index (χ4n) is 3.92. The molecule has 1 aliphatic heterocycles. The molecule has 35 heavy (non-hydrogen) atoms. The van der Waals surface area contributed by atoms with Gasteiger partial charge in [0.05, 0.1) is 12.7 Å². The molecule has 3 aromatic carbocycles.